The summed E-state index contributed by atoms with van der Waals surface area (Å²) in [5.41, 5.74) is 1.18. The largest absolute Gasteiger partial charge is 0.330 e. The molecule has 0 saturated heterocycles. The van der Waals surface area contributed by atoms with E-state index in [1.165, 1.54) is 4.57 Å². The van der Waals surface area contributed by atoms with Crippen LogP contribution in [0.25, 0.3) is 16.7 Å². The van der Waals surface area contributed by atoms with Crippen LogP contribution in [-0.2, 0) is 0 Å². The minimum Gasteiger partial charge on any atom is -0.330 e. The van der Waals surface area contributed by atoms with Crippen LogP contribution in [0.4, 0.5) is 8.78 Å². The summed E-state index contributed by atoms with van der Waals surface area (Å²) in [4.78, 5) is 2.92. The standard InChI is InChI=1S/C13H6BrClF2N2S/c14-6-4-9(17)11(5-8(6)16)19-12-7(15)2-1-3-10(12)18-13(19)20/h1-5H,(H,18,20). The van der Waals surface area contributed by atoms with Gasteiger partial charge in [-0.3, -0.25) is 4.57 Å². The molecular weight excluding hydrogens is 370 g/mol. The Morgan fingerprint density at radius 3 is 2.70 bits per heavy atom. The molecule has 0 aliphatic rings. The SMILES string of the molecule is Fc1cc(-n2c(=S)[nH]c3cccc(Cl)c32)c(F)cc1Br. The molecule has 2 nitrogen and oxygen atoms in total. The van der Waals surface area contributed by atoms with Crippen molar-refractivity contribution >= 4 is 50.8 Å². The van der Waals surface area contributed by atoms with Gasteiger partial charge in [0, 0.05) is 6.07 Å². The quantitative estimate of drug-likeness (QED) is 0.447. The monoisotopic (exact) mass is 374 g/mol. The fraction of sp³-hybridized carbons (Fsp3) is 0. The normalized spacial score (nSPS) is 11.2. The van der Waals surface area contributed by atoms with Crippen molar-refractivity contribution in [2.75, 3.05) is 0 Å². The number of benzene rings is 2. The number of rotatable bonds is 1. The third-order valence-electron chi connectivity index (χ3n) is 2.89. The van der Waals surface area contributed by atoms with E-state index in [0.717, 1.165) is 12.1 Å². The molecule has 1 heterocycles. The minimum atomic E-state index is -0.602. The first-order chi connectivity index (χ1) is 9.49. The highest BCUT2D eigenvalue weighted by Crippen LogP contribution is 2.29. The highest BCUT2D eigenvalue weighted by molar-refractivity contribution is 9.10. The summed E-state index contributed by atoms with van der Waals surface area (Å²) in [6, 6.07) is 7.31. The molecule has 20 heavy (non-hydrogen) atoms. The van der Waals surface area contributed by atoms with Crippen molar-refractivity contribution in [1.82, 2.24) is 9.55 Å². The molecule has 0 fully saturated rings. The Bertz CT molecular complexity index is 888. The van der Waals surface area contributed by atoms with Crippen LogP contribution in [0.15, 0.2) is 34.8 Å². The van der Waals surface area contributed by atoms with Crippen molar-refractivity contribution in [3.05, 3.63) is 56.2 Å². The highest BCUT2D eigenvalue weighted by Gasteiger charge is 2.15. The van der Waals surface area contributed by atoms with Gasteiger partial charge in [0.15, 0.2) is 4.77 Å². The number of imidazole rings is 1. The smallest absolute Gasteiger partial charge is 0.182 e. The zero-order valence-corrected chi connectivity index (χ0v) is 12.9. The molecule has 3 rings (SSSR count). The molecule has 0 aliphatic carbocycles. The van der Waals surface area contributed by atoms with Gasteiger partial charge in [-0.1, -0.05) is 17.7 Å². The van der Waals surface area contributed by atoms with Gasteiger partial charge in [0.1, 0.15) is 11.6 Å². The van der Waals surface area contributed by atoms with E-state index in [0.29, 0.717) is 16.1 Å². The summed E-state index contributed by atoms with van der Waals surface area (Å²) in [5.74, 6) is -1.18. The van der Waals surface area contributed by atoms with Gasteiger partial charge in [-0.2, -0.15) is 0 Å². The van der Waals surface area contributed by atoms with E-state index >= 15 is 0 Å². The van der Waals surface area contributed by atoms with Gasteiger partial charge in [0.2, 0.25) is 0 Å². The van der Waals surface area contributed by atoms with E-state index in [1.54, 1.807) is 18.2 Å². The minimum absolute atomic E-state index is 0.00931. The van der Waals surface area contributed by atoms with Crippen LogP contribution in [0.2, 0.25) is 5.02 Å². The number of hydrogen-bond acceptors (Lipinski definition) is 1. The summed E-state index contributed by atoms with van der Waals surface area (Å²) >= 11 is 14.3. The summed E-state index contributed by atoms with van der Waals surface area (Å²) in [6.45, 7) is 0. The van der Waals surface area contributed by atoms with Gasteiger partial charge in [-0.25, -0.2) is 8.78 Å². The molecule has 0 aliphatic heterocycles. The summed E-state index contributed by atoms with van der Waals surface area (Å²) < 4.78 is 29.5. The fourth-order valence-electron chi connectivity index (χ4n) is 2.03. The predicted molar refractivity (Wildman–Crippen MR) is 81.1 cm³/mol. The van der Waals surface area contributed by atoms with Crippen molar-refractivity contribution in [2.24, 2.45) is 0 Å². The van der Waals surface area contributed by atoms with E-state index in [-0.39, 0.29) is 14.9 Å². The lowest BCUT2D eigenvalue weighted by molar-refractivity contribution is 0.588. The van der Waals surface area contributed by atoms with Crippen molar-refractivity contribution in [1.29, 1.82) is 0 Å². The van der Waals surface area contributed by atoms with Gasteiger partial charge >= 0.3 is 0 Å². The highest BCUT2D eigenvalue weighted by atomic mass is 79.9. The van der Waals surface area contributed by atoms with E-state index in [4.69, 9.17) is 23.8 Å². The fourth-order valence-corrected chi connectivity index (χ4v) is 2.90. The molecule has 0 unspecified atom stereocenters. The molecule has 1 aromatic heterocycles. The topological polar surface area (TPSA) is 20.7 Å². The third-order valence-corrected chi connectivity index (χ3v) is 4.08. The molecule has 0 radical (unpaired) electrons. The molecule has 0 bridgehead atoms. The van der Waals surface area contributed by atoms with Crippen LogP contribution in [0, 0.1) is 16.4 Å². The Kier molecular flexibility index (Phi) is 3.40. The third kappa shape index (κ3) is 2.08. The van der Waals surface area contributed by atoms with Crippen LogP contribution >= 0.6 is 39.7 Å². The number of halogens is 4. The van der Waals surface area contributed by atoms with Gasteiger partial charge in [0.05, 0.1) is 26.2 Å². The first kappa shape index (κ1) is 13.7. The van der Waals surface area contributed by atoms with Crippen LogP contribution in [0.1, 0.15) is 0 Å². The van der Waals surface area contributed by atoms with Crippen molar-refractivity contribution in [3.63, 3.8) is 0 Å². The maximum absolute atomic E-state index is 14.1. The molecule has 3 aromatic rings. The Hall–Kier alpha value is -1.24. The Labute approximate surface area is 131 Å². The van der Waals surface area contributed by atoms with Crippen LogP contribution in [0.5, 0.6) is 0 Å². The average Bonchev–Trinajstić information content (AvgIpc) is 2.71. The number of aromatic nitrogens is 2. The molecule has 102 valence electrons. The van der Waals surface area contributed by atoms with E-state index in [2.05, 4.69) is 20.9 Å². The lowest BCUT2D eigenvalue weighted by Gasteiger charge is -2.08. The number of aromatic amines is 1. The number of hydrogen-bond donors (Lipinski definition) is 1. The zero-order chi connectivity index (χ0) is 14.4. The molecule has 2 aromatic carbocycles. The van der Waals surface area contributed by atoms with Gasteiger partial charge < -0.3 is 4.98 Å². The summed E-state index contributed by atoms with van der Waals surface area (Å²) in [5, 5.41) is 0.401. The molecule has 0 spiro atoms. The average molecular weight is 376 g/mol. The number of nitrogens with one attached hydrogen (secondary N) is 1. The van der Waals surface area contributed by atoms with Gasteiger partial charge in [0.25, 0.3) is 0 Å². The number of fused-ring (bicyclic) bond motifs is 1. The maximum atomic E-state index is 14.1. The van der Waals surface area contributed by atoms with Crippen molar-refractivity contribution in [3.8, 4) is 5.69 Å². The predicted octanol–water partition coefficient (Wildman–Crippen LogP) is 5.38. The molecule has 0 saturated carbocycles. The Balaban J connectivity index is 2.44. The van der Waals surface area contributed by atoms with E-state index in [1.807, 2.05) is 0 Å². The molecular formula is C13H6BrClF2N2S. The van der Waals surface area contributed by atoms with Gasteiger partial charge in [-0.15, -0.1) is 0 Å². The van der Waals surface area contributed by atoms with Crippen LogP contribution in [0.3, 0.4) is 0 Å². The van der Waals surface area contributed by atoms with E-state index in [9.17, 15) is 8.78 Å². The van der Waals surface area contributed by atoms with Crippen molar-refractivity contribution in [2.45, 2.75) is 0 Å². The molecule has 0 amide bonds. The molecule has 1 N–H and O–H groups in total. The number of para-hydroxylation sites is 1. The lowest BCUT2D eigenvalue weighted by Crippen LogP contribution is -2.00. The first-order valence-electron chi connectivity index (χ1n) is 5.53. The molecule has 7 heteroatoms. The van der Waals surface area contributed by atoms with Crippen LogP contribution in [-0.4, -0.2) is 9.55 Å². The second-order valence-corrected chi connectivity index (χ2v) is 5.77. The molecule has 0 atom stereocenters. The lowest BCUT2D eigenvalue weighted by atomic mass is 10.2. The van der Waals surface area contributed by atoms with E-state index < -0.39 is 11.6 Å². The summed E-state index contributed by atoms with van der Waals surface area (Å²) in [7, 11) is 0. The Morgan fingerprint density at radius 1 is 1.20 bits per heavy atom. The maximum Gasteiger partial charge on any atom is 0.182 e. The zero-order valence-electron chi connectivity index (χ0n) is 9.75. The van der Waals surface area contributed by atoms with Gasteiger partial charge in [-0.05, 0) is 46.3 Å². The second kappa shape index (κ2) is 4.95. The first-order valence-corrected chi connectivity index (χ1v) is 7.11. The van der Waals surface area contributed by atoms with Crippen molar-refractivity contribution < 1.29 is 8.78 Å². The summed E-state index contributed by atoms with van der Waals surface area (Å²) in [6.07, 6.45) is 0. The van der Waals surface area contributed by atoms with Crippen LogP contribution < -0.4 is 0 Å². The Morgan fingerprint density at radius 2 is 1.95 bits per heavy atom. The second-order valence-electron chi connectivity index (χ2n) is 4.12. The number of nitrogens with zero attached hydrogens (tertiary/aromatic N) is 1. The number of H-pyrrole nitrogens is 1.